The van der Waals surface area contributed by atoms with Crippen LogP contribution in [0.4, 0.5) is 0 Å². The number of hydrogen-bond acceptors (Lipinski definition) is 3. The molecule has 1 aliphatic heterocycles. The maximum atomic E-state index is 8.89. The zero-order valence-electron chi connectivity index (χ0n) is 10.6. The highest BCUT2D eigenvalue weighted by Gasteiger charge is 2.19. The van der Waals surface area contributed by atoms with E-state index in [1.54, 1.807) is 0 Å². The van der Waals surface area contributed by atoms with Crippen molar-refractivity contribution < 1.29 is 5.11 Å². The van der Waals surface area contributed by atoms with Crippen molar-refractivity contribution in [3.05, 3.63) is 29.6 Å². The number of likely N-dealkylation sites (tertiary alicyclic amines) is 1. The quantitative estimate of drug-likeness (QED) is 0.860. The molecule has 3 heteroatoms. The predicted octanol–water partition coefficient (Wildman–Crippen LogP) is 1.64. The predicted molar refractivity (Wildman–Crippen MR) is 68.9 cm³/mol. The Balaban J connectivity index is 1.79. The molecule has 2 rings (SSSR count). The van der Waals surface area contributed by atoms with Crippen LogP contribution in [0.2, 0.25) is 0 Å². The number of β-amino-alcohol motifs (C(OH)–C–C–N with tert-alkyl or cyclic N) is 1. The molecular weight excluding hydrogens is 212 g/mol. The molecule has 94 valence electrons. The van der Waals surface area contributed by atoms with Crippen molar-refractivity contribution in [1.82, 2.24) is 9.88 Å². The lowest BCUT2D eigenvalue weighted by Gasteiger charge is -2.31. The molecule has 1 saturated heterocycles. The molecule has 0 unspecified atom stereocenters. The molecule has 17 heavy (non-hydrogen) atoms. The van der Waals surface area contributed by atoms with E-state index in [0.717, 1.165) is 32.0 Å². The highest BCUT2D eigenvalue weighted by Crippen LogP contribution is 2.20. The molecule has 0 radical (unpaired) electrons. The van der Waals surface area contributed by atoms with Crippen LogP contribution in [0.15, 0.2) is 18.3 Å². The zero-order valence-corrected chi connectivity index (χ0v) is 10.6. The van der Waals surface area contributed by atoms with Gasteiger partial charge in [-0.25, -0.2) is 0 Å². The summed E-state index contributed by atoms with van der Waals surface area (Å²) in [4.78, 5) is 6.82. The van der Waals surface area contributed by atoms with E-state index < -0.39 is 0 Å². The lowest BCUT2D eigenvalue weighted by atomic mass is 9.92. The Morgan fingerprint density at radius 2 is 2.12 bits per heavy atom. The van der Waals surface area contributed by atoms with Gasteiger partial charge in [0, 0.05) is 18.4 Å². The Labute approximate surface area is 103 Å². The summed E-state index contributed by atoms with van der Waals surface area (Å²) in [6.07, 6.45) is 5.52. The molecule has 0 aliphatic carbocycles. The maximum absolute atomic E-state index is 8.89. The number of rotatable bonds is 4. The average Bonchev–Trinajstić information content (AvgIpc) is 2.35. The highest BCUT2D eigenvalue weighted by atomic mass is 16.3. The fourth-order valence-electron chi connectivity index (χ4n) is 2.47. The highest BCUT2D eigenvalue weighted by molar-refractivity contribution is 5.12. The third-order valence-corrected chi connectivity index (χ3v) is 3.59. The first-order valence-electron chi connectivity index (χ1n) is 6.52. The van der Waals surface area contributed by atoms with Crippen LogP contribution in [0.1, 0.15) is 24.1 Å². The molecule has 1 aromatic rings. The first kappa shape index (κ1) is 12.5. The second-order valence-electron chi connectivity index (χ2n) is 5.04. The van der Waals surface area contributed by atoms with Gasteiger partial charge in [0.2, 0.25) is 0 Å². The van der Waals surface area contributed by atoms with Crippen molar-refractivity contribution >= 4 is 0 Å². The Kier molecular flexibility index (Phi) is 4.51. The Bertz CT molecular complexity index is 329. The van der Waals surface area contributed by atoms with Gasteiger partial charge in [-0.1, -0.05) is 6.07 Å². The molecule has 0 saturated carbocycles. The standard InChI is InChI=1S/C14H22N2O/c1-12-2-3-14(15-11-12)10-13-4-6-16(7-5-13)8-9-17/h2-3,11,13,17H,4-10H2,1H3. The fourth-order valence-corrected chi connectivity index (χ4v) is 2.47. The third-order valence-electron chi connectivity index (χ3n) is 3.59. The van der Waals surface area contributed by atoms with Gasteiger partial charge in [0.25, 0.3) is 0 Å². The normalized spacial score (nSPS) is 18.5. The summed E-state index contributed by atoms with van der Waals surface area (Å²) in [5, 5.41) is 8.89. The van der Waals surface area contributed by atoms with E-state index >= 15 is 0 Å². The molecule has 1 N–H and O–H groups in total. The van der Waals surface area contributed by atoms with Crippen LogP contribution in [0.3, 0.4) is 0 Å². The smallest absolute Gasteiger partial charge is 0.0558 e. The largest absolute Gasteiger partial charge is 0.395 e. The molecule has 0 spiro atoms. The van der Waals surface area contributed by atoms with Crippen molar-refractivity contribution in [1.29, 1.82) is 0 Å². The number of hydrogen-bond donors (Lipinski definition) is 1. The van der Waals surface area contributed by atoms with E-state index in [4.69, 9.17) is 5.11 Å². The second kappa shape index (κ2) is 6.12. The number of aromatic nitrogens is 1. The van der Waals surface area contributed by atoms with Gasteiger partial charge in [-0.15, -0.1) is 0 Å². The SMILES string of the molecule is Cc1ccc(CC2CCN(CCO)CC2)nc1. The van der Waals surface area contributed by atoms with E-state index in [-0.39, 0.29) is 6.61 Å². The van der Waals surface area contributed by atoms with E-state index in [0.29, 0.717) is 0 Å². The first-order valence-corrected chi connectivity index (χ1v) is 6.52. The Morgan fingerprint density at radius 3 is 2.71 bits per heavy atom. The van der Waals surface area contributed by atoms with Crippen LogP contribution >= 0.6 is 0 Å². The van der Waals surface area contributed by atoms with Gasteiger partial charge in [0.05, 0.1) is 6.61 Å². The molecule has 0 aromatic carbocycles. The maximum Gasteiger partial charge on any atom is 0.0558 e. The summed E-state index contributed by atoms with van der Waals surface area (Å²) in [5.74, 6) is 0.764. The molecule has 1 aromatic heterocycles. The second-order valence-corrected chi connectivity index (χ2v) is 5.04. The van der Waals surface area contributed by atoms with Crippen molar-refractivity contribution in [2.45, 2.75) is 26.2 Å². The number of aryl methyl sites for hydroxylation is 1. The van der Waals surface area contributed by atoms with Gasteiger partial charge in [0.15, 0.2) is 0 Å². The van der Waals surface area contributed by atoms with Crippen LogP contribution in [0.25, 0.3) is 0 Å². The fraction of sp³-hybridized carbons (Fsp3) is 0.643. The van der Waals surface area contributed by atoms with Crippen LogP contribution < -0.4 is 0 Å². The Morgan fingerprint density at radius 1 is 1.35 bits per heavy atom. The van der Waals surface area contributed by atoms with Crippen LogP contribution in [-0.4, -0.2) is 41.2 Å². The molecule has 0 atom stereocenters. The molecule has 1 fully saturated rings. The zero-order chi connectivity index (χ0) is 12.1. The topological polar surface area (TPSA) is 36.4 Å². The minimum Gasteiger partial charge on any atom is -0.395 e. The third kappa shape index (κ3) is 3.79. The molecular formula is C14H22N2O. The van der Waals surface area contributed by atoms with E-state index in [2.05, 4.69) is 28.9 Å². The van der Waals surface area contributed by atoms with Gasteiger partial charge < -0.3 is 10.0 Å². The average molecular weight is 234 g/mol. The summed E-state index contributed by atoms with van der Waals surface area (Å²) in [6.45, 7) is 5.43. The Hall–Kier alpha value is -0.930. The summed E-state index contributed by atoms with van der Waals surface area (Å²) in [5.41, 5.74) is 2.45. The van der Waals surface area contributed by atoms with Crippen molar-refractivity contribution in [3.8, 4) is 0 Å². The lowest BCUT2D eigenvalue weighted by molar-refractivity contribution is 0.147. The van der Waals surface area contributed by atoms with Gasteiger partial charge in [0.1, 0.15) is 0 Å². The minimum absolute atomic E-state index is 0.282. The van der Waals surface area contributed by atoms with E-state index in [1.807, 2.05) is 6.20 Å². The number of aliphatic hydroxyl groups is 1. The summed E-state index contributed by atoms with van der Waals surface area (Å²) >= 11 is 0. The van der Waals surface area contributed by atoms with Gasteiger partial charge >= 0.3 is 0 Å². The monoisotopic (exact) mass is 234 g/mol. The van der Waals surface area contributed by atoms with E-state index in [1.165, 1.54) is 24.1 Å². The molecule has 2 heterocycles. The van der Waals surface area contributed by atoms with Gasteiger partial charge in [-0.2, -0.15) is 0 Å². The molecule has 0 amide bonds. The number of pyridine rings is 1. The van der Waals surface area contributed by atoms with E-state index in [9.17, 15) is 0 Å². The molecule has 1 aliphatic rings. The summed E-state index contributed by atoms with van der Waals surface area (Å²) < 4.78 is 0. The van der Waals surface area contributed by atoms with Gasteiger partial charge in [-0.05, 0) is 56.8 Å². The molecule has 0 bridgehead atoms. The summed E-state index contributed by atoms with van der Waals surface area (Å²) in [7, 11) is 0. The number of piperidine rings is 1. The lowest BCUT2D eigenvalue weighted by Crippen LogP contribution is -2.36. The van der Waals surface area contributed by atoms with Crippen molar-refractivity contribution in [3.63, 3.8) is 0 Å². The van der Waals surface area contributed by atoms with Crippen LogP contribution in [0, 0.1) is 12.8 Å². The van der Waals surface area contributed by atoms with Gasteiger partial charge in [-0.3, -0.25) is 4.98 Å². The molecule has 3 nitrogen and oxygen atoms in total. The first-order chi connectivity index (χ1) is 8.28. The van der Waals surface area contributed by atoms with Crippen molar-refractivity contribution in [2.24, 2.45) is 5.92 Å². The van der Waals surface area contributed by atoms with Crippen LogP contribution in [0.5, 0.6) is 0 Å². The summed E-state index contributed by atoms with van der Waals surface area (Å²) in [6, 6.07) is 4.29. The van der Waals surface area contributed by atoms with Crippen molar-refractivity contribution in [2.75, 3.05) is 26.2 Å². The minimum atomic E-state index is 0.282. The number of aliphatic hydroxyl groups excluding tert-OH is 1. The van der Waals surface area contributed by atoms with Crippen LogP contribution in [-0.2, 0) is 6.42 Å². The number of nitrogens with zero attached hydrogens (tertiary/aromatic N) is 2.